The van der Waals surface area contributed by atoms with Crippen LogP contribution in [0.15, 0.2) is 30.5 Å². The molecule has 0 fully saturated rings. The van der Waals surface area contributed by atoms with Gasteiger partial charge in [-0.05, 0) is 6.07 Å². The number of esters is 1. The van der Waals surface area contributed by atoms with Gasteiger partial charge in [0, 0.05) is 22.7 Å². The quantitative estimate of drug-likeness (QED) is 0.880. The van der Waals surface area contributed by atoms with E-state index < -0.39 is 29.0 Å². The molecular formula is C15H10F3N3O2. The third kappa shape index (κ3) is 2.20. The van der Waals surface area contributed by atoms with E-state index in [-0.39, 0.29) is 5.39 Å². The Kier molecular flexibility index (Phi) is 4.02. The third-order valence-electron chi connectivity index (χ3n) is 3.66. The summed E-state index contributed by atoms with van der Waals surface area (Å²) >= 11 is 0. The van der Waals surface area contributed by atoms with Gasteiger partial charge in [0.05, 0.1) is 19.2 Å². The highest BCUT2D eigenvalue weighted by Crippen LogP contribution is 2.49. The van der Waals surface area contributed by atoms with Crippen molar-refractivity contribution in [2.24, 2.45) is 5.92 Å². The van der Waals surface area contributed by atoms with Crippen LogP contribution in [0.1, 0.15) is 5.56 Å². The molecule has 0 aliphatic rings. The Hall–Kier alpha value is -3.00. The molecule has 0 amide bonds. The minimum Gasteiger partial charge on any atom is -0.468 e. The molecule has 1 N–H and O–H groups in total. The van der Waals surface area contributed by atoms with Gasteiger partial charge in [-0.25, -0.2) is 0 Å². The molecule has 0 saturated heterocycles. The molecule has 5 nitrogen and oxygen atoms in total. The van der Waals surface area contributed by atoms with Gasteiger partial charge in [-0.3, -0.25) is 4.79 Å². The van der Waals surface area contributed by atoms with E-state index >= 15 is 0 Å². The van der Waals surface area contributed by atoms with E-state index in [0.29, 0.717) is 5.52 Å². The second kappa shape index (κ2) is 5.65. The number of rotatable bonds is 3. The van der Waals surface area contributed by atoms with Gasteiger partial charge in [-0.2, -0.15) is 23.7 Å². The maximum absolute atomic E-state index is 13.9. The molecule has 0 radical (unpaired) electrons. The summed E-state index contributed by atoms with van der Waals surface area (Å²) in [7, 11) is 0.781. The number of benzene rings is 1. The second-order valence-electron chi connectivity index (χ2n) is 4.74. The number of carbonyl (C=O) groups excluding carboxylic acids is 1. The van der Waals surface area contributed by atoms with Crippen LogP contribution in [0.2, 0.25) is 0 Å². The lowest BCUT2D eigenvalue weighted by Crippen LogP contribution is -2.54. The van der Waals surface area contributed by atoms with Gasteiger partial charge in [0.15, 0.2) is 5.92 Å². The van der Waals surface area contributed by atoms with Crippen LogP contribution in [0, 0.1) is 28.6 Å². The zero-order valence-corrected chi connectivity index (χ0v) is 11.8. The smallest absolute Gasteiger partial charge is 0.411 e. The van der Waals surface area contributed by atoms with Crippen LogP contribution < -0.4 is 0 Å². The number of nitrogens with one attached hydrogen (secondary N) is 1. The second-order valence-corrected chi connectivity index (χ2v) is 4.74. The molecule has 1 aromatic heterocycles. The molecule has 0 aliphatic carbocycles. The van der Waals surface area contributed by atoms with Crippen LogP contribution in [0.5, 0.6) is 0 Å². The molecule has 0 bridgehead atoms. The molecule has 8 heteroatoms. The Morgan fingerprint density at radius 3 is 2.39 bits per heavy atom. The summed E-state index contributed by atoms with van der Waals surface area (Å²) in [5, 5.41) is 18.2. The van der Waals surface area contributed by atoms with E-state index in [9.17, 15) is 18.0 Å². The van der Waals surface area contributed by atoms with Gasteiger partial charge < -0.3 is 9.72 Å². The number of fused-ring (bicyclic) bond motifs is 1. The number of para-hydroxylation sites is 1. The van der Waals surface area contributed by atoms with Crippen LogP contribution in [0.25, 0.3) is 10.9 Å². The summed E-state index contributed by atoms with van der Waals surface area (Å²) < 4.78 is 46.1. The number of H-pyrrole nitrogens is 1. The molecule has 0 saturated carbocycles. The number of hydrogen-bond acceptors (Lipinski definition) is 4. The molecular weight excluding hydrogens is 311 g/mol. The fourth-order valence-corrected chi connectivity index (χ4v) is 2.60. The van der Waals surface area contributed by atoms with Gasteiger partial charge >= 0.3 is 12.1 Å². The summed E-state index contributed by atoms with van der Waals surface area (Å²) in [4.78, 5) is 14.7. The van der Waals surface area contributed by atoms with Crippen LogP contribution in [0.4, 0.5) is 13.2 Å². The fourth-order valence-electron chi connectivity index (χ4n) is 2.60. The molecule has 1 atom stereocenters. The first kappa shape index (κ1) is 16.4. The highest BCUT2D eigenvalue weighted by Gasteiger charge is 2.68. The van der Waals surface area contributed by atoms with Crippen molar-refractivity contribution in [3.63, 3.8) is 0 Å². The molecule has 0 aliphatic heterocycles. The molecule has 2 aromatic rings. The number of aromatic amines is 1. The summed E-state index contributed by atoms with van der Waals surface area (Å²) in [6.45, 7) is 0. The fraction of sp³-hybridized carbons (Fsp3) is 0.267. The number of aromatic nitrogens is 1. The maximum Gasteiger partial charge on any atom is 0.411 e. The minimum atomic E-state index is -5.21. The lowest BCUT2D eigenvalue weighted by atomic mass is 9.70. The molecule has 1 heterocycles. The van der Waals surface area contributed by atoms with Crippen LogP contribution in [-0.2, 0) is 14.9 Å². The molecule has 118 valence electrons. The number of methoxy groups -OCH3 is 1. The SMILES string of the molecule is COC(=O)C(c1c[nH]c2ccccc12)(C(C#N)C#N)C(F)(F)F. The van der Waals surface area contributed by atoms with Gasteiger partial charge in [0.1, 0.15) is 0 Å². The Balaban J connectivity index is 2.95. The predicted octanol–water partition coefficient (Wildman–Crippen LogP) is 2.80. The van der Waals surface area contributed by atoms with Crippen LogP contribution in [0.3, 0.4) is 0 Å². The van der Waals surface area contributed by atoms with Gasteiger partial charge in [0.25, 0.3) is 0 Å². The average molecular weight is 321 g/mol. The van der Waals surface area contributed by atoms with Crippen molar-refractivity contribution in [2.45, 2.75) is 11.6 Å². The number of nitrogens with zero attached hydrogens (tertiary/aromatic N) is 2. The van der Waals surface area contributed by atoms with Crippen molar-refractivity contribution < 1.29 is 22.7 Å². The summed E-state index contributed by atoms with van der Waals surface area (Å²) in [5.41, 5.74) is -3.57. The molecule has 23 heavy (non-hydrogen) atoms. The summed E-state index contributed by atoms with van der Waals surface area (Å²) in [5.74, 6) is -4.00. The third-order valence-corrected chi connectivity index (χ3v) is 3.66. The van der Waals surface area contributed by atoms with Gasteiger partial charge in [-0.15, -0.1) is 0 Å². The van der Waals surface area contributed by atoms with E-state index in [2.05, 4.69) is 9.72 Å². The highest BCUT2D eigenvalue weighted by molar-refractivity contribution is 5.94. The van der Waals surface area contributed by atoms with Gasteiger partial charge in [0.2, 0.25) is 5.41 Å². The Morgan fingerprint density at radius 2 is 1.87 bits per heavy atom. The Labute approximate surface area is 128 Å². The first-order valence-corrected chi connectivity index (χ1v) is 6.35. The Bertz CT molecular complexity index is 815. The number of carbonyl (C=O) groups is 1. The number of nitriles is 2. The standard InChI is InChI=1S/C15H10F3N3O2/c1-23-13(22)14(15(16,17)18,9(6-19)7-20)11-8-21-12-5-3-2-4-10(11)12/h2-5,8-9,21H,1H3. The van der Waals surface area contributed by atoms with E-state index in [1.165, 1.54) is 30.3 Å². The van der Waals surface area contributed by atoms with Crippen molar-refractivity contribution in [1.82, 2.24) is 4.98 Å². The molecule has 2 rings (SSSR count). The van der Waals surface area contributed by atoms with Gasteiger partial charge in [-0.1, -0.05) is 18.2 Å². The van der Waals surface area contributed by atoms with E-state index in [0.717, 1.165) is 13.3 Å². The van der Waals surface area contributed by atoms with Crippen LogP contribution in [-0.4, -0.2) is 24.2 Å². The van der Waals surface area contributed by atoms with E-state index in [1.54, 1.807) is 6.07 Å². The van der Waals surface area contributed by atoms with Crippen molar-refractivity contribution in [2.75, 3.05) is 7.11 Å². The first-order valence-electron chi connectivity index (χ1n) is 6.35. The lowest BCUT2D eigenvalue weighted by Gasteiger charge is -2.33. The van der Waals surface area contributed by atoms with Crippen LogP contribution >= 0.6 is 0 Å². The monoisotopic (exact) mass is 321 g/mol. The molecule has 0 spiro atoms. The largest absolute Gasteiger partial charge is 0.468 e. The van der Waals surface area contributed by atoms with E-state index in [1.807, 2.05) is 0 Å². The summed E-state index contributed by atoms with van der Waals surface area (Å²) in [6, 6.07) is 8.52. The number of hydrogen-bond donors (Lipinski definition) is 1. The zero-order valence-electron chi connectivity index (χ0n) is 11.8. The van der Waals surface area contributed by atoms with Crippen molar-refractivity contribution in [3.05, 3.63) is 36.0 Å². The molecule has 1 aromatic carbocycles. The minimum absolute atomic E-state index is 0.0886. The van der Waals surface area contributed by atoms with Crippen molar-refractivity contribution in [1.29, 1.82) is 10.5 Å². The topological polar surface area (TPSA) is 89.7 Å². The van der Waals surface area contributed by atoms with Crippen molar-refractivity contribution in [3.8, 4) is 12.1 Å². The number of alkyl halides is 3. The normalized spacial score (nSPS) is 14.0. The van der Waals surface area contributed by atoms with Crippen molar-refractivity contribution >= 4 is 16.9 Å². The summed E-state index contributed by atoms with van der Waals surface area (Å²) in [6.07, 6.45) is -4.22. The average Bonchev–Trinajstić information content (AvgIpc) is 2.94. The highest BCUT2D eigenvalue weighted by atomic mass is 19.4. The lowest BCUT2D eigenvalue weighted by molar-refractivity contribution is -0.212. The van der Waals surface area contributed by atoms with E-state index in [4.69, 9.17) is 10.5 Å². The number of ether oxygens (including phenoxy) is 1. The zero-order chi connectivity index (χ0) is 17.3. The number of halogens is 3. The predicted molar refractivity (Wildman–Crippen MR) is 72.8 cm³/mol. The molecule has 1 unspecified atom stereocenters. The Morgan fingerprint density at radius 1 is 1.26 bits per heavy atom. The maximum atomic E-state index is 13.9. The first-order chi connectivity index (χ1) is 10.8.